The summed E-state index contributed by atoms with van der Waals surface area (Å²) in [7, 11) is 0. The van der Waals surface area contributed by atoms with E-state index >= 15 is 0 Å². The Morgan fingerprint density at radius 3 is 0.471 bits per heavy atom. The van der Waals surface area contributed by atoms with Crippen molar-refractivity contribution in [3.8, 4) is 0 Å². The van der Waals surface area contributed by atoms with Crippen LogP contribution in [0.25, 0.3) is 0 Å². The van der Waals surface area contributed by atoms with Crippen molar-refractivity contribution in [3.05, 3.63) is 0 Å². The van der Waals surface area contributed by atoms with Gasteiger partial charge in [-0.1, -0.05) is 0 Å². The van der Waals surface area contributed by atoms with Gasteiger partial charge in [0.15, 0.2) is 0 Å². The summed E-state index contributed by atoms with van der Waals surface area (Å²) in [5, 5.41) is 0. The van der Waals surface area contributed by atoms with Crippen LogP contribution in [0.2, 0.25) is 0 Å². The van der Waals surface area contributed by atoms with Gasteiger partial charge in [-0.25, -0.2) is 0 Å². The van der Waals surface area contributed by atoms with Crippen LogP contribution in [0.4, 0.5) is 0 Å². The molecule has 104 valence electrons. The van der Waals surface area contributed by atoms with E-state index in [0.717, 1.165) is 0 Å². The Kier molecular flexibility index (Phi) is 23.7. The van der Waals surface area contributed by atoms with Crippen LogP contribution in [-0.4, -0.2) is 0 Å². The van der Waals surface area contributed by atoms with Crippen molar-refractivity contribution in [1.29, 1.82) is 0 Å². The van der Waals surface area contributed by atoms with Gasteiger partial charge in [-0.2, -0.15) is 0 Å². The van der Waals surface area contributed by atoms with Crippen LogP contribution in [0.15, 0.2) is 0 Å². The van der Waals surface area contributed by atoms with Crippen LogP contribution in [0.1, 0.15) is 0 Å². The van der Waals surface area contributed by atoms with Crippen LogP contribution in [-0.2, 0) is 109 Å². The molecule has 0 saturated heterocycles. The molecule has 0 radical (unpaired) electrons. The van der Waals surface area contributed by atoms with Crippen LogP contribution in [0.5, 0.6) is 0 Å². The predicted octanol–water partition coefficient (Wildman–Crippen LogP) is -7.86. The van der Waals surface area contributed by atoms with E-state index in [-0.39, 0.29) is 38.1 Å². The summed E-state index contributed by atoms with van der Waals surface area (Å²) < 4.78 is 104. The van der Waals surface area contributed by atoms with Gasteiger partial charge in [0, 0.05) is 17.1 Å². The van der Waals surface area contributed by atoms with Crippen LogP contribution in [0.3, 0.4) is 0 Å². The van der Waals surface area contributed by atoms with Crippen molar-refractivity contribution in [2.45, 2.75) is 0 Å². The predicted molar refractivity (Wildman–Crippen MR) is 4.12 cm³/mol. The third kappa shape index (κ3) is 1330. The Hall–Kier alpha value is 1.83. The third-order valence-corrected chi connectivity index (χ3v) is 0. The maximum atomic E-state index is 8.63. The van der Waals surface area contributed by atoms with E-state index in [9.17, 15) is 0 Å². The van der Waals surface area contributed by atoms with Crippen molar-refractivity contribution in [2.24, 2.45) is 0 Å². The number of rotatable bonds is 0. The van der Waals surface area contributed by atoms with E-state index in [4.69, 9.17) is 42.9 Å². The Balaban J connectivity index is -0.0000000400. The van der Waals surface area contributed by atoms with E-state index < -0.39 is 50.2 Å². The molecule has 0 spiro atoms. The Labute approximate surface area is 130 Å². The summed E-state index contributed by atoms with van der Waals surface area (Å²) in [6.07, 6.45) is 0. The van der Waals surface area contributed by atoms with Crippen molar-refractivity contribution in [2.75, 3.05) is 0 Å². The molecule has 0 aromatic rings. The second-order valence-corrected chi connectivity index (χ2v) is 7.25. The summed E-state index contributed by atoms with van der Waals surface area (Å²) in [4.78, 5) is 0. The molecule has 0 aliphatic heterocycles. The molecule has 0 rings (SSSR count). The fourth-order valence-electron chi connectivity index (χ4n) is 0. The molecule has 17 heteroatoms. The average Bonchev–Trinajstić information content (AvgIpc) is 1.41. The van der Waals surface area contributed by atoms with Gasteiger partial charge in [-0.3, -0.25) is 0 Å². The molecule has 0 saturated carbocycles. The third-order valence-electron chi connectivity index (χ3n) is 0. The summed E-state index contributed by atoms with van der Waals surface area (Å²) in [5.74, 6) is 0. The van der Waals surface area contributed by atoms with Crippen LogP contribution < -0.4 is 22.6 Å². The summed E-state index contributed by atoms with van der Waals surface area (Å²) in [5.41, 5.74) is 0. The summed E-state index contributed by atoms with van der Waals surface area (Å²) in [6.45, 7) is 0. The van der Waals surface area contributed by atoms with Crippen molar-refractivity contribution in [1.82, 2.24) is 0 Å². The standard InChI is InChI=1S/Fe.4Mo.12O/q;;;;+6;;;;;;;6*-1. The maximum absolute atomic E-state index is 8.63. The molecule has 0 aliphatic carbocycles. The van der Waals surface area contributed by atoms with Gasteiger partial charge in [-0.15, -0.1) is 0 Å². The zero-order valence-electron chi connectivity index (χ0n) is 6.89. The van der Waals surface area contributed by atoms with Gasteiger partial charge < -0.3 is 0 Å². The minimum atomic E-state index is -6.02. The number of hydrogen-bond acceptors (Lipinski definition) is 12. The molecule has 0 fully saturated rings. The van der Waals surface area contributed by atoms with E-state index in [1.165, 1.54) is 0 Å². The molecule has 0 heterocycles. The van der Waals surface area contributed by atoms with Gasteiger partial charge in [0.2, 0.25) is 0 Å². The van der Waals surface area contributed by atoms with Gasteiger partial charge in [0.25, 0.3) is 0 Å². The molecule has 17 heavy (non-hydrogen) atoms. The van der Waals surface area contributed by atoms with Crippen molar-refractivity contribution in [3.63, 3.8) is 0 Å². The van der Waals surface area contributed by atoms with E-state index in [2.05, 4.69) is 0 Å². The summed E-state index contributed by atoms with van der Waals surface area (Å²) >= 11 is -18.1. The second kappa shape index (κ2) is 12.8. The quantitative estimate of drug-likeness (QED) is 0.226. The van der Waals surface area contributed by atoms with Crippen LogP contribution in [0, 0.1) is 0 Å². The van der Waals surface area contributed by atoms with Gasteiger partial charge in [0.05, 0.1) is 0 Å². The molecule has 0 amide bonds. The normalized spacial score (nSPS) is 10.2. The molecule has 0 unspecified atom stereocenters. The van der Waals surface area contributed by atoms with Crippen LogP contribution >= 0.6 is 0 Å². The van der Waals surface area contributed by atoms with Gasteiger partial charge >= 0.3 is 114 Å². The second-order valence-electron chi connectivity index (χ2n) is 1.22. The first-order valence-electron chi connectivity index (χ1n) is 2.00. The SMILES string of the molecule is [Fe].[Mo+6].[O]=[Mo](=[O])([O-])[O-].[O]=[Mo](=[O])([O-])[O-].[O]=[Mo](=[O])([O-])[O-]. The topological polar surface area (TPSA) is 241 Å². The zero-order chi connectivity index (χ0) is 13.5. The fourth-order valence-corrected chi connectivity index (χ4v) is 0. The van der Waals surface area contributed by atoms with E-state index in [1.54, 1.807) is 0 Å². The van der Waals surface area contributed by atoms with Gasteiger partial charge in [-0.05, 0) is 0 Å². The average molecular weight is 632 g/mol. The molecule has 0 N–H and O–H groups in total. The number of hydrogen-bond donors (Lipinski definition) is 0. The van der Waals surface area contributed by atoms with Gasteiger partial charge in [0.1, 0.15) is 0 Å². The molecule has 0 bridgehead atoms. The molecule has 0 aromatic heterocycles. The minimum absolute atomic E-state index is 0. The van der Waals surface area contributed by atoms with E-state index in [1.807, 2.05) is 0 Å². The molecule has 12 nitrogen and oxygen atoms in total. The molecule has 0 aliphatic rings. The molecular weight excluding hydrogens is 632 g/mol. The first-order chi connectivity index (χ1) is 6.00. The monoisotopic (exact) mass is 639 g/mol. The first kappa shape index (κ1) is 31.3. The Morgan fingerprint density at radius 1 is 0.471 bits per heavy atom. The Bertz CT molecular complexity index is 339. The molecule has 0 aromatic carbocycles. The zero-order valence-corrected chi connectivity index (χ0v) is 16.0. The van der Waals surface area contributed by atoms with E-state index in [0.29, 0.717) is 0 Å². The van der Waals surface area contributed by atoms with Crippen molar-refractivity contribution >= 4 is 0 Å². The summed E-state index contributed by atoms with van der Waals surface area (Å²) in [6, 6.07) is 0. The fraction of sp³-hybridized carbons (Fsp3) is 0. The van der Waals surface area contributed by atoms with Crippen molar-refractivity contribution < 1.29 is 131 Å². The Morgan fingerprint density at radius 2 is 0.471 bits per heavy atom. The first-order valence-corrected chi connectivity index (χ1v) is 11.8. The molecule has 0 atom stereocenters. The molecular formula is FeMo4O12.